The highest BCUT2D eigenvalue weighted by Crippen LogP contribution is 2.50. The molecule has 10 heteroatoms. The SMILES string of the molecule is N#CN=C1c2ccccc2-c2cc3c(cc21)-c1ccc(-c2cc(C(F)(F)F)cc(C(F)(F)F)c2)cc1C3NC#N. The van der Waals surface area contributed by atoms with Crippen LogP contribution in [0.3, 0.4) is 0 Å². The molecule has 1 N–H and O–H groups in total. The van der Waals surface area contributed by atoms with Gasteiger partial charge in [-0.05, 0) is 80.9 Å². The first-order chi connectivity index (χ1) is 19.0. The summed E-state index contributed by atoms with van der Waals surface area (Å²) in [7, 11) is 0. The third-order valence-corrected chi connectivity index (χ3v) is 7.17. The second-order valence-corrected chi connectivity index (χ2v) is 9.38. The summed E-state index contributed by atoms with van der Waals surface area (Å²) in [6.45, 7) is 0. The van der Waals surface area contributed by atoms with Gasteiger partial charge in [0.25, 0.3) is 0 Å². The van der Waals surface area contributed by atoms with Crippen molar-refractivity contribution < 1.29 is 26.3 Å². The lowest BCUT2D eigenvalue weighted by molar-refractivity contribution is -0.143. The van der Waals surface area contributed by atoms with Gasteiger partial charge >= 0.3 is 12.4 Å². The van der Waals surface area contributed by atoms with E-state index in [1.54, 1.807) is 6.07 Å². The molecule has 0 heterocycles. The molecule has 2 aliphatic rings. The number of rotatable bonds is 2. The van der Waals surface area contributed by atoms with Gasteiger partial charge in [-0.25, -0.2) is 0 Å². The van der Waals surface area contributed by atoms with Crippen LogP contribution in [0.1, 0.15) is 39.4 Å². The Morgan fingerprint density at radius 3 is 1.90 bits per heavy atom. The molecule has 0 bridgehead atoms. The van der Waals surface area contributed by atoms with Gasteiger partial charge in [0.2, 0.25) is 6.19 Å². The summed E-state index contributed by atoms with van der Waals surface area (Å²) in [6, 6.07) is 16.5. The predicted molar refractivity (Wildman–Crippen MR) is 135 cm³/mol. The Kier molecular flexibility index (Phi) is 5.49. The molecule has 0 aromatic heterocycles. The van der Waals surface area contributed by atoms with Crippen molar-refractivity contribution in [2.45, 2.75) is 18.4 Å². The molecule has 4 aromatic rings. The quantitative estimate of drug-likeness (QED) is 0.140. The Labute approximate surface area is 223 Å². The maximum atomic E-state index is 13.5. The second kappa shape index (κ2) is 8.72. The molecular formula is C30H14F6N4. The molecule has 0 radical (unpaired) electrons. The average Bonchev–Trinajstić information content (AvgIpc) is 3.38. The van der Waals surface area contributed by atoms with Gasteiger partial charge in [-0.15, -0.1) is 0 Å². The van der Waals surface area contributed by atoms with Crippen molar-refractivity contribution in [3.63, 3.8) is 0 Å². The monoisotopic (exact) mass is 544 g/mol. The van der Waals surface area contributed by atoms with Crippen molar-refractivity contribution in [2.24, 2.45) is 4.99 Å². The molecule has 4 nitrogen and oxygen atoms in total. The van der Waals surface area contributed by atoms with Crippen molar-refractivity contribution in [1.82, 2.24) is 5.32 Å². The number of aliphatic imine (C=N–C) groups is 1. The summed E-state index contributed by atoms with van der Waals surface area (Å²) in [5, 5.41) is 21.5. The smallest absolute Gasteiger partial charge is 0.312 e. The number of nitriles is 2. The number of halogens is 6. The fraction of sp³-hybridized carbons (Fsp3) is 0.100. The lowest BCUT2D eigenvalue weighted by Crippen LogP contribution is -2.14. The summed E-state index contributed by atoms with van der Waals surface area (Å²) in [4.78, 5) is 4.02. The summed E-state index contributed by atoms with van der Waals surface area (Å²) in [6.07, 6.45) is -6.21. The van der Waals surface area contributed by atoms with E-state index in [1.807, 2.05) is 48.8 Å². The van der Waals surface area contributed by atoms with Crippen LogP contribution in [0.4, 0.5) is 26.3 Å². The van der Waals surface area contributed by atoms with E-state index in [9.17, 15) is 36.9 Å². The van der Waals surface area contributed by atoms with Crippen LogP contribution >= 0.6 is 0 Å². The van der Waals surface area contributed by atoms with Crippen LogP contribution in [0, 0.1) is 22.9 Å². The van der Waals surface area contributed by atoms with Crippen LogP contribution in [0.5, 0.6) is 0 Å². The van der Waals surface area contributed by atoms with Crippen LogP contribution in [-0.2, 0) is 12.4 Å². The van der Waals surface area contributed by atoms with Crippen molar-refractivity contribution in [1.29, 1.82) is 10.5 Å². The number of hydrogen-bond acceptors (Lipinski definition) is 4. The highest BCUT2D eigenvalue weighted by Gasteiger charge is 2.38. The maximum Gasteiger partial charge on any atom is 0.416 e. The highest BCUT2D eigenvalue weighted by atomic mass is 19.4. The molecule has 0 saturated carbocycles. The van der Waals surface area contributed by atoms with E-state index in [4.69, 9.17) is 0 Å². The van der Waals surface area contributed by atoms with Gasteiger partial charge < -0.3 is 5.32 Å². The Balaban J connectivity index is 1.53. The molecule has 40 heavy (non-hydrogen) atoms. The lowest BCUT2D eigenvalue weighted by atomic mass is 9.95. The Hall–Kier alpha value is -5.09. The predicted octanol–water partition coefficient (Wildman–Crippen LogP) is 7.83. The zero-order chi connectivity index (χ0) is 28.4. The van der Waals surface area contributed by atoms with E-state index in [1.165, 1.54) is 12.1 Å². The van der Waals surface area contributed by atoms with Gasteiger partial charge in [0.05, 0.1) is 22.9 Å². The maximum absolute atomic E-state index is 13.5. The second-order valence-electron chi connectivity index (χ2n) is 9.38. The van der Waals surface area contributed by atoms with E-state index >= 15 is 0 Å². The van der Waals surface area contributed by atoms with Gasteiger partial charge in [0, 0.05) is 11.1 Å². The van der Waals surface area contributed by atoms with E-state index in [0.29, 0.717) is 45.7 Å². The third kappa shape index (κ3) is 3.88. The first-order valence-corrected chi connectivity index (χ1v) is 11.8. The van der Waals surface area contributed by atoms with Gasteiger partial charge in [-0.2, -0.15) is 41.9 Å². The van der Waals surface area contributed by atoms with Crippen molar-refractivity contribution in [3.05, 3.63) is 106 Å². The molecule has 4 aromatic carbocycles. The number of hydrogen-bond donors (Lipinski definition) is 1. The number of nitrogens with one attached hydrogen (secondary N) is 1. The fourth-order valence-electron chi connectivity index (χ4n) is 5.48. The van der Waals surface area contributed by atoms with Crippen molar-refractivity contribution >= 4 is 5.71 Å². The average molecular weight is 544 g/mol. The lowest BCUT2D eigenvalue weighted by Gasteiger charge is -2.16. The Bertz CT molecular complexity index is 1810. The van der Waals surface area contributed by atoms with Gasteiger partial charge in [-0.1, -0.05) is 36.4 Å². The van der Waals surface area contributed by atoms with Gasteiger partial charge in [0.1, 0.15) is 0 Å². The van der Waals surface area contributed by atoms with Gasteiger partial charge in [-0.3, -0.25) is 0 Å². The van der Waals surface area contributed by atoms with Crippen LogP contribution in [0.15, 0.2) is 77.8 Å². The zero-order valence-corrected chi connectivity index (χ0v) is 20.1. The van der Waals surface area contributed by atoms with Crippen molar-refractivity contribution in [2.75, 3.05) is 0 Å². The first kappa shape index (κ1) is 25.2. The van der Waals surface area contributed by atoms with Crippen LogP contribution in [0.25, 0.3) is 33.4 Å². The molecule has 0 spiro atoms. The minimum absolute atomic E-state index is 0.0898. The Morgan fingerprint density at radius 2 is 1.27 bits per heavy atom. The van der Waals surface area contributed by atoms with Crippen LogP contribution < -0.4 is 5.32 Å². The minimum atomic E-state index is -4.98. The number of alkyl halides is 6. The largest absolute Gasteiger partial charge is 0.416 e. The normalized spacial score (nSPS) is 16.0. The molecule has 2 aliphatic carbocycles. The summed E-state index contributed by atoms with van der Waals surface area (Å²) >= 11 is 0. The third-order valence-electron chi connectivity index (χ3n) is 7.17. The number of fused-ring (bicyclic) bond motifs is 6. The molecular weight excluding hydrogens is 530 g/mol. The molecule has 0 amide bonds. The van der Waals surface area contributed by atoms with Gasteiger partial charge in [0.15, 0.2) is 6.19 Å². The molecule has 0 fully saturated rings. The zero-order valence-electron chi connectivity index (χ0n) is 20.1. The van der Waals surface area contributed by atoms with Crippen LogP contribution in [0.2, 0.25) is 0 Å². The topological polar surface area (TPSA) is 72.0 Å². The molecule has 1 atom stereocenters. The summed E-state index contributed by atoms with van der Waals surface area (Å²) < 4.78 is 80.9. The molecule has 6 rings (SSSR count). The Morgan fingerprint density at radius 1 is 0.625 bits per heavy atom. The summed E-state index contributed by atoms with van der Waals surface area (Å²) in [5.41, 5.74) is 3.31. The first-order valence-electron chi connectivity index (χ1n) is 11.8. The fourth-order valence-corrected chi connectivity index (χ4v) is 5.48. The van der Waals surface area contributed by atoms with E-state index in [-0.39, 0.29) is 17.2 Å². The molecule has 0 saturated heterocycles. The highest BCUT2D eigenvalue weighted by molar-refractivity contribution is 6.25. The van der Waals surface area contributed by atoms with E-state index < -0.39 is 29.5 Å². The summed E-state index contributed by atoms with van der Waals surface area (Å²) in [5.74, 6) is 0. The molecule has 0 aliphatic heterocycles. The number of nitrogens with zero attached hydrogens (tertiary/aromatic N) is 3. The van der Waals surface area contributed by atoms with Crippen molar-refractivity contribution in [3.8, 4) is 45.8 Å². The minimum Gasteiger partial charge on any atom is -0.312 e. The standard InChI is InChI=1S/C30H14F6N4/c31-29(32,33)17-7-16(8-18(10-17)30(34,35)36)15-5-6-20-23-12-25-22(11-26(23)28(40-14-38)24(20)9-15)19-3-1-2-4-21(19)27(25)39-13-37/h1-12,28,40H. The van der Waals surface area contributed by atoms with Crippen LogP contribution in [-0.4, -0.2) is 5.71 Å². The number of benzene rings is 4. The molecule has 196 valence electrons. The van der Waals surface area contributed by atoms with E-state index in [0.717, 1.165) is 16.7 Å². The van der Waals surface area contributed by atoms with E-state index in [2.05, 4.69) is 10.3 Å². The molecule has 1 unspecified atom stereocenters.